The molecule has 2 N–H and O–H groups in total. The number of nitrogens with zero attached hydrogens (tertiary/aromatic N) is 1. The van der Waals surface area contributed by atoms with Crippen molar-refractivity contribution in [1.82, 2.24) is 10.2 Å². The van der Waals surface area contributed by atoms with Crippen molar-refractivity contribution < 1.29 is 24.2 Å². The molecule has 1 rings (SSSR count). The molecule has 1 aliphatic heterocycles. The SMILES string of the molecule is COCCN1CC(C(=O)NC(C(=O)O)C(C)(C)C)CC1=O. The fourth-order valence-corrected chi connectivity index (χ4v) is 2.27. The Morgan fingerprint density at radius 1 is 1.48 bits per heavy atom. The maximum atomic E-state index is 12.2. The van der Waals surface area contributed by atoms with Crippen LogP contribution in [-0.2, 0) is 19.1 Å². The molecule has 0 aromatic carbocycles. The molecule has 2 amide bonds. The number of nitrogens with one attached hydrogen (secondary N) is 1. The quantitative estimate of drug-likeness (QED) is 0.725. The van der Waals surface area contributed by atoms with Crippen molar-refractivity contribution in [2.24, 2.45) is 11.3 Å². The van der Waals surface area contributed by atoms with Gasteiger partial charge >= 0.3 is 5.97 Å². The maximum Gasteiger partial charge on any atom is 0.326 e. The van der Waals surface area contributed by atoms with Crippen LogP contribution in [0.2, 0.25) is 0 Å². The standard InChI is InChI=1S/C14H24N2O5/c1-14(2,3)11(13(19)20)15-12(18)9-7-10(17)16(8-9)5-6-21-4/h9,11H,5-8H2,1-4H3,(H,15,18)(H,19,20). The average molecular weight is 300 g/mol. The first-order chi connectivity index (χ1) is 9.66. The lowest BCUT2D eigenvalue weighted by Gasteiger charge is -2.28. The predicted octanol–water partition coefficient (Wildman–Crippen LogP) is 0.0968. The summed E-state index contributed by atoms with van der Waals surface area (Å²) in [5.74, 6) is -2.06. The number of rotatable bonds is 6. The summed E-state index contributed by atoms with van der Waals surface area (Å²) in [6, 6.07) is -0.979. The summed E-state index contributed by atoms with van der Waals surface area (Å²) in [6.45, 7) is 6.41. The number of carbonyl (C=O) groups is 3. The smallest absolute Gasteiger partial charge is 0.326 e. The number of methoxy groups -OCH3 is 1. The summed E-state index contributed by atoms with van der Waals surface area (Å²) < 4.78 is 4.92. The van der Waals surface area contributed by atoms with Crippen LogP contribution in [0.15, 0.2) is 0 Å². The molecular formula is C14H24N2O5. The Hall–Kier alpha value is -1.63. The number of likely N-dealkylation sites (tertiary alicyclic amines) is 1. The van der Waals surface area contributed by atoms with E-state index >= 15 is 0 Å². The van der Waals surface area contributed by atoms with Gasteiger partial charge in [0.05, 0.1) is 12.5 Å². The zero-order chi connectivity index (χ0) is 16.2. The molecule has 0 saturated carbocycles. The summed E-state index contributed by atoms with van der Waals surface area (Å²) in [7, 11) is 1.55. The monoisotopic (exact) mass is 300 g/mol. The molecule has 1 heterocycles. The third kappa shape index (κ3) is 4.70. The van der Waals surface area contributed by atoms with Gasteiger partial charge in [-0.2, -0.15) is 0 Å². The van der Waals surface area contributed by atoms with Gasteiger partial charge in [0.1, 0.15) is 6.04 Å². The highest BCUT2D eigenvalue weighted by Crippen LogP contribution is 2.22. The van der Waals surface area contributed by atoms with Gasteiger partial charge in [-0.1, -0.05) is 20.8 Å². The van der Waals surface area contributed by atoms with Crippen molar-refractivity contribution in [2.45, 2.75) is 33.2 Å². The van der Waals surface area contributed by atoms with Crippen molar-refractivity contribution in [3.63, 3.8) is 0 Å². The summed E-state index contributed by atoms with van der Waals surface area (Å²) in [6.07, 6.45) is 0.117. The first kappa shape index (κ1) is 17.4. The molecule has 0 radical (unpaired) electrons. The molecule has 0 aromatic heterocycles. The maximum absolute atomic E-state index is 12.2. The van der Waals surface area contributed by atoms with E-state index in [1.54, 1.807) is 32.8 Å². The summed E-state index contributed by atoms with van der Waals surface area (Å²) in [4.78, 5) is 36.8. The lowest BCUT2D eigenvalue weighted by Crippen LogP contribution is -2.51. The largest absolute Gasteiger partial charge is 0.480 e. The van der Waals surface area contributed by atoms with E-state index in [0.717, 1.165) is 0 Å². The minimum atomic E-state index is -1.07. The van der Waals surface area contributed by atoms with Gasteiger partial charge < -0.3 is 20.1 Å². The highest BCUT2D eigenvalue weighted by molar-refractivity contribution is 5.91. The molecule has 1 saturated heterocycles. The minimum Gasteiger partial charge on any atom is -0.480 e. The number of carboxylic acids is 1. The Balaban J connectivity index is 2.64. The van der Waals surface area contributed by atoms with Crippen LogP contribution in [0.5, 0.6) is 0 Å². The van der Waals surface area contributed by atoms with Crippen LogP contribution >= 0.6 is 0 Å². The summed E-state index contributed by atoms with van der Waals surface area (Å²) >= 11 is 0. The second-order valence-corrected chi connectivity index (χ2v) is 6.38. The highest BCUT2D eigenvalue weighted by Gasteiger charge is 2.38. The van der Waals surface area contributed by atoms with Crippen LogP contribution in [0.3, 0.4) is 0 Å². The van der Waals surface area contributed by atoms with E-state index in [2.05, 4.69) is 5.32 Å². The number of hydrogen-bond donors (Lipinski definition) is 2. The molecule has 21 heavy (non-hydrogen) atoms. The van der Waals surface area contributed by atoms with Gasteiger partial charge in [0.2, 0.25) is 11.8 Å². The Morgan fingerprint density at radius 3 is 2.57 bits per heavy atom. The Bertz CT molecular complexity index is 416. The number of carbonyl (C=O) groups excluding carboxylic acids is 2. The molecule has 7 heteroatoms. The van der Waals surface area contributed by atoms with E-state index in [1.165, 1.54) is 0 Å². The molecule has 0 aromatic rings. The highest BCUT2D eigenvalue weighted by atomic mass is 16.5. The van der Waals surface area contributed by atoms with E-state index in [4.69, 9.17) is 4.74 Å². The molecule has 7 nitrogen and oxygen atoms in total. The molecule has 2 atom stereocenters. The zero-order valence-corrected chi connectivity index (χ0v) is 13.0. The van der Waals surface area contributed by atoms with Crippen molar-refractivity contribution in [3.8, 4) is 0 Å². The number of ether oxygens (including phenoxy) is 1. The summed E-state index contributed by atoms with van der Waals surface area (Å²) in [5.41, 5.74) is -0.597. The third-order valence-electron chi connectivity index (χ3n) is 3.55. The normalized spacial score (nSPS) is 20.5. The first-order valence-corrected chi connectivity index (χ1v) is 6.96. The number of carboxylic acid groups (broad SMARTS) is 1. The fraction of sp³-hybridized carbons (Fsp3) is 0.786. The second kappa shape index (κ2) is 6.89. The van der Waals surface area contributed by atoms with Gasteiger partial charge in [-0.25, -0.2) is 4.79 Å². The van der Waals surface area contributed by atoms with Crippen molar-refractivity contribution >= 4 is 17.8 Å². The molecule has 120 valence electrons. The Morgan fingerprint density at radius 2 is 2.10 bits per heavy atom. The van der Waals surface area contributed by atoms with E-state index in [1.807, 2.05) is 0 Å². The lowest BCUT2D eigenvalue weighted by molar-refractivity contribution is -0.145. The lowest BCUT2D eigenvalue weighted by atomic mass is 9.86. The van der Waals surface area contributed by atoms with Gasteiger partial charge in [0, 0.05) is 26.6 Å². The molecule has 1 aliphatic rings. The molecule has 0 bridgehead atoms. The molecule has 0 spiro atoms. The van der Waals surface area contributed by atoms with Crippen LogP contribution in [0.25, 0.3) is 0 Å². The van der Waals surface area contributed by atoms with Crippen LogP contribution in [0, 0.1) is 11.3 Å². The summed E-state index contributed by atoms with van der Waals surface area (Å²) in [5, 5.41) is 11.8. The van der Waals surface area contributed by atoms with Crippen LogP contribution in [0.1, 0.15) is 27.2 Å². The van der Waals surface area contributed by atoms with Gasteiger partial charge in [-0.3, -0.25) is 9.59 Å². The van der Waals surface area contributed by atoms with E-state index in [-0.39, 0.29) is 18.2 Å². The van der Waals surface area contributed by atoms with Gasteiger partial charge in [0.15, 0.2) is 0 Å². The zero-order valence-electron chi connectivity index (χ0n) is 13.0. The first-order valence-electron chi connectivity index (χ1n) is 6.96. The van der Waals surface area contributed by atoms with Crippen molar-refractivity contribution in [2.75, 3.05) is 26.8 Å². The van der Waals surface area contributed by atoms with Crippen LogP contribution in [-0.4, -0.2) is 60.6 Å². The molecular weight excluding hydrogens is 276 g/mol. The van der Waals surface area contributed by atoms with Crippen LogP contribution < -0.4 is 5.32 Å². The molecule has 0 aliphatic carbocycles. The Labute approximate surface area is 124 Å². The van der Waals surface area contributed by atoms with Crippen LogP contribution in [0.4, 0.5) is 0 Å². The third-order valence-corrected chi connectivity index (χ3v) is 3.55. The minimum absolute atomic E-state index is 0.102. The van der Waals surface area contributed by atoms with E-state index < -0.39 is 23.3 Å². The van der Waals surface area contributed by atoms with Gasteiger partial charge in [-0.15, -0.1) is 0 Å². The van der Waals surface area contributed by atoms with Gasteiger partial charge in [0.25, 0.3) is 0 Å². The fourth-order valence-electron chi connectivity index (χ4n) is 2.27. The van der Waals surface area contributed by atoms with Crippen molar-refractivity contribution in [1.29, 1.82) is 0 Å². The van der Waals surface area contributed by atoms with E-state index in [9.17, 15) is 19.5 Å². The van der Waals surface area contributed by atoms with Crippen molar-refractivity contribution in [3.05, 3.63) is 0 Å². The molecule has 1 fully saturated rings. The second-order valence-electron chi connectivity index (χ2n) is 6.38. The molecule has 2 unspecified atom stereocenters. The topological polar surface area (TPSA) is 95.9 Å². The Kier molecular flexibility index (Phi) is 5.71. The number of hydrogen-bond acceptors (Lipinski definition) is 4. The van der Waals surface area contributed by atoms with E-state index in [0.29, 0.717) is 19.7 Å². The van der Waals surface area contributed by atoms with Gasteiger partial charge in [-0.05, 0) is 5.41 Å². The number of amides is 2. The predicted molar refractivity (Wildman–Crippen MR) is 75.6 cm³/mol. The average Bonchev–Trinajstić information content (AvgIpc) is 2.73. The number of aliphatic carboxylic acids is 1.